The molecule has 2 aromatic rings. The zero-order valence-electron chi connectivity index (χ0n) is 15.9. The number of halogens is 3. The molecule has 0 saturated carbocycles. The smallest absolute Gasteiger partial charge is 0.416 e. The summed E-state index contributed by atoms with van der Waals surface area (Å²) in [6.07, 6.45) is -3.68. The van der Waals surface area contributed by atoms with Crippen molar-refractivity contribution in [2.24, 2.45) is 0 Å². The standard InChI is InChI=1S/C20H20F3N3O3S/c21-20(22,23)15-7-5-14(6-8-15)18(27)26-11-9-19(10-12-26)13-24-16-3-1-2-4-17(16)30(28,29)25-19/h1-8H,9-13H2,(H2-,24,25,28,29). The maximum Gasteiger partial charge on any atom is 0.416 e. The minimum Gasteiger partial charge on any atom is -0.593 e. The van der Waals surface area contributed by atoms with E-state index in [1.807, 2.05) is 0 Å². The Morgan fingerprint density at radius 2 is 1.70 bits per heavy atom. The summed E-state index contributed by atoms with van der Waals surface area (Å²) in [5.74, 6) is -0.369. The molecule has 6 nitrogen and oxygen atoms in total. The lowest BCUT2D eigenvalue weighted by atomic mass is 9.88. The molecule has 2 heterocycles. The third-order valence-electron chi connectivity index (χ3n) is 5.61. The number of carbonyl (C=O) groups is 1. The summed E-state index contributed by atoms with van der Waals surface area (Å²) < 4.78 is 66.5. The first-order valence-electron chi connectivity index (χ1n) is 9.43. The van der Waals surface area contributed by atoms with Crippen LogP contribution in [0, 0.1) is 0 Å². The van der Waals surface area contributed by atoms with E-state index in [1.165, 1.54) is 18.2 Å². The van der Waals surface area contributed by atoms with Gasteiger partial charge in [0.1, 0.15) is 0 Å². The first kappa shape index (κ1) is 20.8. The monoisotopic (exact) mass is 439 g/mol. The maximum absolute atomic E-state index is 12.8. The summed E-state index contributed by atoms with van der Waals surface area (Å²) in [6, 6.07) is 10.8. The van der Waals surface area contributed by atoms with Gasteiger partial charge in [-0.1, -0.05) is 16.3 Å². The van der Waals surface area contributed by atoms with Gasteiger partial charge in [0.05, 0.1) is 16.8 Å². The Hall–Kier alpha value is -2.43. The van der Waals surface area contributed by atoms with Gasteiger partial charge >= 0.3 is 6.18 Å². The molecule has 1 atom stereocenters. The molecular weight excluding hydrogens is 419 g/mol. The van der Waals surface area contributed by atoms with Crippen LogP contribution in [0.2, 0.25) is 0 Å². The average molecular weight is 439 g/mol. The predicted octanol–water partition coefficient (Wildman–Crippen LogP) is 3.30. The number of sulfonamides is 1. The number of anilines is 1. The summed E-state index contributed by atoms with van der Waals surface area (Å²) >= 11 is 0. The molecule has 2 N–H and O–H groups in total. The van der Waals surface area contributed by atoms with Crippen molar-refractivity contribution in [2.45, 2.75) is 29.5 Å². The molecule has 0 aromatic heterocycles. The number of hydrogen-bond donors (Lipinski definition) is 2. The molecule has 1 saturated heterocycles. The Morgan fingerprint density at radius 1 is 1.07 bits per heavy atom. The largest absolute Gasteiger partial charge is 0.593 e. The molecule has 0 radical (unpaired) electrons. The molecule has 2 aliphatic rings. The SMILES string of the molecule is O=C(c1ccc(C(F)(F)F)cc1)N1CCC2(CC1)CNc1ccccc1[S+](=O)([O-])N2. The number of likely N-dealkylation sites (tertiary alicyclic amines) is 1. The topological polar surface area (TPSA) is 84.5 Å². The lowest BCUT2D eigenvalue weighted by Crippen LogP contribution is -2.59. The van der Waals surface area contributed by atoms with Crippen LogP contribution in [0.4, 0.5) is 18.9 Å². The molecule has 1 fully saturated rings. The van der Waals surface area contributed by atoms with Crippen molar-refractivity contribution >= 4 is 22.0 Å². The highest BCUT2D eigenvalue weighted by Crippen LogP contribution is 2.34. The molecule has 0 bridgehead atoms. The van der Waals surface area contributed by atoms with Crippen LogP contribution in [0.15, 0.2) is 53.4 Å². The van der Waals surface area contributed by atoms with Crippen molar-refractivity contribution in [1.82, 2.24) is 9.62 Å². The van der Waals surface area contributed by atoms with Gasteiger partial charge in [0.25, 0.3) is 5.91 Å². The Balaban J connectivity index is 1.46. The molecule has 2 aliphatic heterocycles. The third-order valence-corrected chi connectivity index (χ3v) is 7.25. The lowest BCUT2D eigenvalue weighted by molar-refractivity contribution is -0.137. The number of hydrogen-bond acceptors (Lipinski definition) is 4. The summed E-state index contributed by atoms with van der Waals surface area (Å²) in [6.45, 7) is 0.965. The number of fused-ring (bicyclic) bond motifs is 1. The first-order valence-corrected chi connectivity index (χ1v) is 10.9. The number of piperidine rings is 1. The molecule has 4 rings (SSSR count). The first-order chi connectivity index (χ1) is 14.1. The second-order valence-corrected chi connectivity index (χ2v) is 9.25. The Bertz CT molecular complexity index is 1000. The molecule has 1 unspecified atom stereocenters. The fraction of sp³-hybridized carbons (Fsp3) is 0.350. The van der Waals surface area contributed by atoms with Crippen LogP contribution in [0.5, 0.6) is 0 Å². The zero-order chi connectivity index (χ0) is 21.6. The fourth-order valence-electron chi connectivity index (χ4n) is 3.89. The molecule has 160 valence electrons. The third kappa shape index (κ3) is 3.94. The highest BCUT2D eigenvalue weighted by Gasteiger charge is 2.45. The molecule has 0 aliphatic carbocycles. The van der Waals surface area contributed by atoms with Gasteiger partial charge in [-0.3, -0.25) is 4.79 Å². The van der Waals surface area contributed by atoms with E-state index in [0.29, 0.717) is 38.2 Å². The molecule has 10 heteroatoms. The summed E-state index contributed by atoms with van der Waals surface area (Å²) in [5, 5.41) is 3.19. The van der Waals surface area contributed by atoms with Crippen molar-refractivity contribution in [2.75, 3.05) is 25.0 Å². The Kier molecular flexibility index (Phi) is 5.11. The highest BCUT2D eigenvalue weighted by atomic mass is 32.3. The molecule has 2 aromatic carbocycles. The summed E-state index contributed by atoms with van der Waals surface area (Å²) in [4.78, 5) is 14.4. The van der Waals surface area contributed by atoms with E-state index in [4.69, 9.17) is 0 Å². The van der Waals surface area contributed by atoms with Crippen LogP contribution in [-0.4, -0.2) is 40.5 Å². The lowest BCUT2D eigenvalue weighted by Gasteiger charge is -2.41. The Labute approximate surface area is 172 Å². The summed E-state index contributed by atoms with van der Waals surface area (Å²) in [7, 11) is -3.72. The van der Waals surface area contributed by atoms with Gasteiger partial charge < -0.3 is 14.8 Å². The van der Waals surface area contributed by atoms with Gasteiger partial charge in [0.15, 0.2) is 15.3 Å². The predicted molar refractivity (Wildman–Crippen MR) is 104 cm³/mol. The van der Waals surface area contributed by atoms with Crippen molar-refractivity contribution in [3.05, 3.63) is 59.7 Å². The average Bonchev–Trinajstić information content (AvgIpc) is 2.82. The van der Waals surface area contributed by atoms with Crippen molar-refractivity contribution in [3.8, 4) is 0 Å². The van der Waals surface area contributed by atoms with Crippen LogP contribution in [0.1, 0.15) is 28.8 Å². The molecule has 30 heavy (non-hydrogen) atoms. The van der Waals surface area contributed by atoms with Crippen molar-refractivity contribution in [1.29, 1.82) is 0 Å². The summed E-state index contributed by atoms with van der Waals surface area (Å²) in [5.41, 5.74) is -0.847. The Morgan fingerprint density at radius 3 is 2.33 bits per heavy atom. The highest BCUT2D eigenvalue weighted by molar-refractivity contribution is 7.96. The van der Waals surface area contributed by atoms with Gasteiger partial charge in [-0.05, 0) is 49.2 Å². The second-order valence-electron chi connectivity index (χ2n) is 7.60. The number of rotatable bonds is 1. The van der Waals surface area contributed by atoms with Gasteiger partial charge in [-0.2, -0.15) is 13.2 Å². The van der Waals surface area contributed by atoms with Crippen molar-refractivity contribution < 1.29 is 26.7 Å². The number of nitrogens with one attached hydrogen (secondary N) is 2. The number of benzene rings is 2. The van der Waals surface area contributed by atoms with E-state index in [9.17, 15) is 26.7 Å². The van der Waals surface area contributed by atoms with Crippen LogP contribution in [0.3, 0.4) is 0 Å². The number of carbonyl (C=O) groups excluding carboxylic acids is 1. The van der Waals surface area contributed by atoms with E-state index in [1.54, 1.807) is 23.1 Å². The normalized spacial score (nSPS) is 23.4. The molecular formula is C20H20F3N3O3S. The quantitative estimate of drug-likeness (QED) is 0.668. The number of amides is 1. The van der Waals surface area contributed by atoms with E-state index in [2.05, 4.69) is 10.0 Å². The maximum atomic E-state index is 12.8. The second kappa shape index (κ2) is 7.36. The van der Waals surface area contributed by atoms with E-state index in [0.717, 1.165) is 12.1 Å². The number of alkyl halides is 3. The minimum absolute atomic E-state index is 0.172. The fourth-order valence-corrected chi connectivity index (χ4v) is 5.53. The van der Waals surface area contributed by atoms with E-state index < -0.39 is 27.7 Å². The van der Waals surface area contributed by atoms with Gasteiger partial charge in [-0.15, -0.1) is 4.72 Å². The van der Waals surface area contributed by atoms with Gasteiger partial charge in [-0.25, -0.2) is 0 Å². The molecule has 1 spiro atoms. The van der Waals surface area contributed by atoms with Crippen LogP contribution < -0.4 is 10.0 Å². The van der Waals surface area contributed by atoms with Gasteiger partial charge in [0, 0.05) is 25.2 Å². The van der Waals surface area contributed by atoms with Gasteiger partial charge in [0.2, 0.25) is 0 Å². The number of para-hydroxylation sites is 1. The van der Waals surface area contributed by atoms with E-state index in [-0.39, 0.29) is 16.4 Å². The van der Waals surface area contributed by atoms with Crippen LogP contribution >= 0.6 is 0 Å². The van der Waals surface area contributed by atoms with Crippen molar-refractivity contribution in [3.63, 3.8) is 0 Å². The number of nitrogens with zero attached hydrogens (tertiary/aromatic N) is 1. The molecule has 1 amide bonds. The zero-order valence-corrected chi connectivity index (χ0v) is 16.7. The minimum atomic E-state index is -4.46. The van der Waals surface area contributed by atoms with E-state index >= 15 is 0 Å². The van der Waals surface area contributed by atoms with Crippen LogP contribution in [0.25, 0.3) is 0 Å². The van der Waals surface area contributed by atoms with Crippen LogP contribution in [-0.2, 0) is 20.8 Å².